The molecule has 3 fully saturated rings. The quantitative estimate of drug-likeness (QED) is 0.166. The Morgan fingerprint density at radius 3 is 2.51 bits per heavy atom. The maximum absolute atomic E-state index is 16.9. The van der Waals surface area contributed by atoms with Crippen LogP contribution in [-0.4, -0.2) is 70.3 Å². The molecular weight excluding hydrogens is 656 g/mol. The molecule has 49 heavy (non-hydrogen) atoms. The summed E-state index contributed by atoms with van der Waals surface area (Å²) in [5.41, 5.74) is 6.39. The number of benzene rings is 1. The van der Waals surface area contributed by atoms with Gasteiger partial charge in [0.05, 0.1) is 39.5 Å². The number of ether oxygens (including phenoxy) is 1. The molecule has 0 amide bonds. The first-order valence-corrected chi connectivity index (χ1v) is 18.1. The fourth-order valence-electron chi connectivity index (χ4n) is 7.82. The van der Waals surface area contributed by atoms with Crippen molar-refractivity contribution in [3.8, 4) is 23.3 Å². The molecule has 3 aromatic heterocycles. The molecule has 7 heterocycles. The van der Waals surface area contributed by atoms with Gasteiger partial charge >= 0.3 is 6.01 Å². The topological polar surface area (TPSA) is 116 Å². The number of aromatic nitrogens is 3. The Hall–Kier alpha value is -3.80. The van der Waals surface area contributed by atoms with E-state index in [4.69, 9.17) is 20.4 Å². The highest BCUT2D eigenvalue weighted by molar-refractivity contribution is 7.23. The molecule has 0 radical (unpaired) electrons. The lowest BCUT2D eigenvalue weighted by Gasteiger charge is -2.42. The maximum atomic E-state index is 16.9. The summed E-state index contributed by atoms with van der Waals surface area (Å²) < 4.78 is 68.2. The molecule has 9 nitrogen and oxygen atoms in total. The molecule has 0 saturated carbocycles. The number of pyridine rings is 1. The standard InChI is InChI=1S/C31H30F4N8OS.2C2H6/c32-17-7-6-15(21-16(12-36)28(37)45-26(17)21)24-23(34)25-22-18(38-24)4-1-5-19-27(35)39-20(33)13-43(19)29(22)41-30(40-25)44-14-31-8-2-10-42(31)11-3-9-31;2*1-2/h6-7,19-20,27,39H,1-5,8-11,13-14,37H2;2*1-2H3. The molecule has 0 spiro atoms. The molecule has 3 unspecified atom stereocenters. The number of hydrogen-bond acceptors (Lipinski definition) is 10. The van der Waals surface area contributed by atoms with Crippen LogP contribution in [0.5, 0.6) is 6.01 Å². The molecule has 4 aromatic rings. The Morgan fingerprint density at radius 1 is 1.06 bits per heavy atom. The number of thiophene rings is 1. The first-order chi connectivity index (χ1) is 23.8. The molecule has 0 bridgehead atoms. The van der Waals surface area contributed by atoms with Crippen molar-refractivity contribution >= 4 is 43.1 Å². The molecule has 1 aromatic carbocycles. The Bertz CT molecular complexity index is 1890. The van der Waals surface area contributed by atoms with E-state index in [9.17, 15) is 14.0 Å². The van der Waals surface area contributed by atoms with Crippen molar-refractivity contribution in [3.05, 3.63) is 35.0 Å². The molecule has 4 aliphatic heterocycles. The molecule has 3 saturated heterocycles. The van der Waals surface area contributed by atoms with Crippen molar-refractivity contribution in [1.82, 2.24) is 25.2 Å². The number of halogens is 4. The average Bonchev–Trinajstić information content (AvgIpc) is 3.79. The zero-order valence-corrected chi connectivity index (χ0v) is 29.1. The summed E-state index contributed by atoms with van der Waals surface area (Å²) in [6.07, 6.45) is 1.92. The fourth-order valence-corrected chi connectivity index (χ4v) is 8.77. The molecule has 0 aliphatic carbocycles. The van der Waals surface area contributed by atoms with E-state index in [0.717, 1.165) is 50.1 Å². The first-order valence-electron chi connectivity index (χ1n) is 17.3. The predicted octanol–water partition coefficient (Wildman–Crippen LogP) is 7.40. The Morgan fingerprint density at radius 2 is 1.80 bits per heavy atom. The zero-order chi connectivity index (χ0) is 35.0. The van der Waals surface area contributed by atoms with Gasteiger partial charge < -0.3 is 15.4 Å². The van der Waals surface area contributed by atoms with Gasteiger partial charge in [0.2, 0.25) is 0 Å². The van der Waals surface area contributed by atoms with Gasteiger partial charge in [-0.2, -0.15) is 15.2 Å². The number of alkyl halides is 2. The van der Waals surface area contributed by atoms with E-state index in [1.165, 1.54) is 12.1 Å². The number of nitriles is 1. The Kier molecular flexibility index (Phi) is 10.2. The van der Waals surface area contributed by atoms with Crippen LogP contribution in [0.1, 0.15) is 77.5 Å². The van der Waals surface area contributed by atoms with Crippen LogP contribution in [0.15, 0.2) is 12.1 Å². The summed E-state index contributed by atoms with van der Waals surface area (Å²) in [5, 5.41) is 12.8. The minimum Gasteiger partial charge on any atom is -0.461 e. The number of fused-ring (bicyclic) bond motifs is 4. The molecule has 14 heteroatoms. The SMILES string of the molecule is CC.CC.N#Cc1c(N)sc2c(F)ccc(-c3nc4c5c(nc(OCC67CCCN6CCC7)nc5c3F)N3CC(F)NC(F)C3CCC4)c12. The number of piperazine rings is 1. The third-order valence-corrected chi connectivity index (χ3v) is 10.9. The van der Waals surface area contributed by atoms with Gasteiger partial charge in [-0.3, -0.25) is 10.2 Å². The summed E-state index contributed by atoms with van der Waals surface area (Å²) in [7, 11) is 0. The van der Waals surface area contributed by atoms with Crippen molar-refractivity contribution in [3.63, 3.8) is 0 Å². The van der Waals surface area contributed by atoms with Crippen LogP contribution < -0.4 is 20.7 Å². The number of hydrogen-bond donors (Lipinski definition) is 2. The van der Waals surface area contributed by atoms with Gasteiger partial charge in [-0.15, -0.1) is 11.3 Å². The molecular formula is C35H42F4N8OS. The van der Waals surface area contributed by atoms with Crippen LogP contribution in [0.2, 0.25) is 0 Å². The van der Waals surface area contributed by atoms with E-state index in [0.29, 0.717) is 31.6 Å². The van der Waals surface area contributed by atoms with Crippen molar-refractivity contribution < 1.29 is 22.3 Å². The summed E-state index contributed by atoms with van der Waals surface area (Å²) >= 11 is 0.916. The highest BCUT2D eigenvalue weighted by atomic mass is 32.1. The predicted molar refractivity (Wildman–Crippen MR) is 185 cm³/mol. The smallest absolute Gasteiger partial charge is 0.319 e. The number of nitrogen functional groups attached to an aromatic ring is 1. The monoisotopic (exact) mass is 698 g/mol. The lowest BCUT2D eigenvalue weighted by molar-refractivity contribution is 0.102. The van der Waals surface area contributed by atoms with Crippen LogP contribution in [0, 0.1) is 23.0 Å². The van der Waals surface area contributed by atoms with E-state index < -0.39 is 30.3 Å². The highest BCUT2D eigenvalue weighted by Crippen LogP contribution is 2.45. The molecule has 8 rings (SSSR count). The zero-order valence-electron chi connectivity index (χ0n) is 28.3. The van der Waals surface area contributed by atoms with Gasteiger partial charge in [0.15, 0.2) is 18.4 Å². The number of aryl methyl sites for hydroxylation is 1. The third kappa shape index (κ3) is 5.93. The summed E-state index contributed by atoms with van der Waals surface area (Å²) in [5.74, 6) is -1.23. The number of nitrogens with zero attached hydrogens (tertiary/aromatic N) is 6. The summed E-state index contributed by atoms with van der Waals surface area (Å²) in [4.78, 5) is 18.0. The van der Waals surface area contributed by atoms with Crippen molar-refractivity contribution in [2.45, 2.75) is 96.8 Å². The second-order valence-corrected chi connectivity index (χ2v) is 13.4. The van der Waals surface area contributed by atoms with Crippen LogP contribution in [-0.2, 0) is 6.42 Å². The van der Waals surface area contributed by atoms with Gasteiger partial charge in [0.25, 0.3) is 0 Å². The summed E-state index contributed by atoms with van der Waals surface area (Å²) in [6, 6.07) is 3.79. The maximum Gasteiger partial charge on any atom is 0.319 e. The number of anilines is 2. The number of nitrogens with one attached hydrogen (secondary N) is 1. The lowest BCUT2D eigenvalue weighted by atomic mass is 9.95. The largest absolute Gasteiger partial charge is 0.461 e. The Labute approximate surface area is 287 Å². The average molecular weight is 699 g/mol. The minimum absolute atomic E-state index is 0.0458. The lowest BCUT2D eigenvalue weighted by Crippen LogP contribution is -2.60. The van der Waals surface area contributed by atoms with Gasteiger partial charge in [0, 0.05) is 10.9 Å². The summed E-state index contributed by atoms with van der Waals surface area (Å²) in [6.45, 7) is 10.1. The van der Waals surface area contributed by atoms with E-state index in [1.54, 1.807) is 4.90 Å². The molecule has 3 atom stereocenters. The van der Waals surface area contributed by atoms with E-state index in [1.807, 2.05) is 33.8 Å². The van der Waals surface area contributed by atoms with Gasteiger partial charge in [0.1, 0.15) is 40.5 Å². The van der Waals surface area contributed by atoms with Gasteiger partial charge in [-0.1, -0.05) is 27.7 Å². The first kappa shape index (κ1) is 35.0. The number of nitrogens with two attached hydrogens (primary N) is 1. The van der Waals surface area contributed by atoms with Crippen molar-refractivity contribution in [2.75, 3.05) is 36.9 Å². The van der Waals surface area contributed by atoms with Crippen LogP contribution in [0.4, 0.5) is 28.4 Å². The third-order valence-electron chi connectivity index (χ3n) is 9.91. The van der Waals surface area contributed by atoms with Crippen molar-refractivity contribution in [1.29, 1.82) is 5.26 Å². The number of rotatable bonds is 4. The van der Waals surface area contributed by atoms with Gasteiger partial charge in [-0.05, 0) is 70.2 Å². The van der Waals surface area contributed by atoms with E-state index in [2.05, 4.69) is 15.2 Å². The molecule has 3 N–H and O–H groups in total. The van der Waals surface area contributed by atoms with Crippen LogP contribution in [0.25, 0.3) is 32.2 Å². The molecule has 262 valence electrons. The van der Waals surface area contributed by atoms with Crippen molar-refractivity contribution in [2.24, 2.45) is 0 Å². The van der Waals surface area contributed by atoms with Crippen LogP contribution >= 0.6 is 11.3 Å². The van der Waals surface area contributed by atoms with E-state index in [-0.39, 0.29) is 66.7 Å². The Balaban J connectivity index is 0.00000101. The van der Waals surface area contributed by atoms with Crippen LogP contribution in [0.3, 0.4) is 0 Å². The van der Waals surface area contributed by atoms with E-state index >= 15 is 8.78 Å². The second kappa shape index (κ2) is 14.2. The second-order valence-electron chi connectivity index (χ2n) is 12.4. The highest BCUT2D eigenvalue weighted by Gasteiger charge is 2.45. The minimum atomic E-state index is -1.67. The molecule has 4 aliphatic rings. The fraction of sp³-hybridized carbons (Fsp3) is 0.543. The normalized spacial score (nSPS) is 22.6. The van der Waals surface area contributed by atoms with Gasteiger partial charge in [-0.25, -0.2) is 22.5 Å².